The Balaban J connectivity index is 1.93. The zero-order valence-corrected chi connectivity index (χ0v) is 16.6. The lowest BCUT2D eigenvalue weighted by Crippen LogP contribution is -2.36. The molecule has 1 aromatic carbocycles. The molecule has 0 amide bonds. The molecule has 1 heterocycles. The lowest BCUT2D eigenvalue weighted by atomic mass is 10.1. The number of benzene rings is 1. The zero-order chi connectivity index (χ0) is 18.4. The van der Waals surface area contributed by atoms with E-state index in [4.69, 9.17) is 0 Å². The molecule has 0 unspecified atom stereocenters. The van der Waals surface area contributed by atoms with E-state index in [0.29, 0.717) is 23.9 Å². The summed E-state index contributed by atoms with van der Waals surface area (Å²) in [4.78, 5) is 9.08. The minimum Gasteiger partial charge on any atom is -0.352 e. The van der Waals surface area contributed by atoms with Crippen LogP contribution in [0.2, 0.25) is 0 Å². The van der Waals surface area contributed by atoms with Crippen LogP contribution in [-0.2, 0) is 29.3 Å². The number of aliphatic imine (C=N–C) groups is 1. The van der Waals surface area contributed by atoms with Crippen LogP contribution in [0.4, 0.5) is 0 Å². The van der Waals surface area contributed by atoms with Gasteiger partial charge in [-0.2, -0.15) is 0 Å². The van der Waals surface area contributed by atoms with E-state index in [1.807, 2.05) is 17.5 Å². The van der Waals surface area contributed by atoms with E-state index in [1.165, 1.54) is 6.26 Å². The van der Waals surface area contributed by atoms with Crippen LogP contribution in [-0.4, -0.2) is 32.7 Å². The molecule has 1 aromatic heterocycles. The highest BCUT2D eigenvalue weighted by molar-refractivity contribution is 7.90. The van der Waals surface area contributed by atoms with Gasteiger partial charge in [0.15, 0.2) is 15.8 Å². The van der Waals surface area contributed by atoms with Crippen molar-refractivity contribution in [2.75, 3.05) is 13.3 Å². The number of hydrogen-bond donors (Lipinski definition) is 2. The summed E-state index contributed by atoms with van der Waals surface area (Å²) in [5.74, 6) is 0.677. The Morgan fingerprint density at radius 1 is 1.28 bits per heavy atom. The predicted octanol–water partition coefficient (Wildman–Crippen LogP) is 2.28. The van der Waals surface area contributed by atoms with Crippen LogP contribution in [0.1, 0.15) is 28.8 Å². The van der Waals surface area contributed by atoms with Crippen LogP contribution in [0.25, 0.3) is 0 Å². The van der Waals surface area contributed by atoms with Gasteiger partial charge in [-0.25, -0.2) is 13.4 Å². The van der Waals surface area contributed by atoms with Gasteiger partial charge < -0.3 is 10.6 Å². The Kier molecular flexibility index (Phi) is 6.55. The molecular weight excluding hydrogens is 356 g/mol. The molecule has 136 valence electrons. The average Bonchev–Trinajstić information content (AvgIpc) is 3.02. The van der Waals surface area contributed by atoms with E-state index < -0.39 is 9.84 Å². The molecule has 0 spiro atoms. The highest BCUT2D eigenvalue weighted by atomic mass is 32.2. The van der Waals surface area contributed by atoms with Gasteiger partial charge in [-0.05, 0) is 30.5 Å². The number of sulfone groups is 1. The molecule has 0 saturated heterocycles. The monoisotopic (exact) mass is 380 g/mol. The van der Waals surface area contributed by atoms with E-state index in [2.05, 4.69) is 27.5 Å². The average molecular weight is 381 g/mol. The van der Waals surface area contributed by atoms with Crippen molar-refractivity contribution in [2.24, 2.45) is 4.99 Å². The van der Waals surface area contributed by atoms with Crippen LogP contribution in [0.15, 0.2) is 33.5 Å². The number of hydrogen-bond acceptors (Lipinski definition) is 5. The van der Waals surface area contributed by atoms with Crippen LogP contribution < -0.4 is 10.6 Å². The van der Waals surface area contributed by atoms with Crippen LogP contribution in [0, 0.1) is 6.92 Å². The third-order valence-electron chi connectivity index (χ3n) is 3.66. The quantitative estimate of drug-likeness (QED) is 0.593. The van der Waals surface area contributed by atoms with Crippen molar-refractivity contribution >= 4 is 27.1 Å². The molecule has 0 aliphatic rings. The second-order valence-corrected chi connectivity index (χ2v) is 8.66. The summed E-state index contributed by atoms with van der Waals surface area (Å²) in [5, 5.41) is 9.63. The highest BCUT2D eigenvalue weighted by Crippen LogP contribution is 2.16. The molecule has 2 rings (SSSR count). The summed E-state index contributed by atoms with van der Waals surface area (Å²) in [6.07, 6.45) is 2.17. The Labute approximate surface area is 153 Å². The van der Waals surface area contributed by atoms with Gasteiger partial charge in [0, 0.05) is 25.2 Å². The second kappa shape index (κ2) is 8.44. The van der Waals surface area contributed by atoms with Crippen molar-refractivity contribution in [3.63, 3.8) is 0 Å². The summed E-state index contributed by atoms with van der Waals surface area (Å²) in [7, 11) is -1.47. The predicted molar refractivity (Wildman–Crippen MR) is 103 cm³/mol. The smallest absolute Gasteiger partial charge is 0.191 e. The fourth-order valence-corrected chi connectivity index (χ4v) is 4.11. The molecule has 0 saturated carbocycles. The Morgan fingerprint density at radius 2 is 2.00 bits per heavy atom. The first-order chi connectivity index (χ1) is 11.8. The van der Waals surface area contributed by atoms with Gasteiger partial charge in [-0.15, -0.1) is 11.3 Å². The summed E-state index contributed by atoms with van der Waals surface area (Å²) < 4.78 is 23.3. The van der Waals surface area contributed by atoms with Gasteiger partial charge >= 0.3 is 0 Å². The molecule has 0 atom stereocenters. The molecule has 2 N–H and O–H groups in total. The zero-order valence-electron chi connectivity index (χ0n) is 15.0. The van der Waals surface area contributed by atoms with Gasteiger partial charge in [0.2, 0.25) is 0 Å². The Bertz CT molecular complexity index is 857. The van der Waals surface area contributed by atoms with Gasteiger partial charge in [-0.3, -0.25) is 4.99 Å². The van der Waals surface area contributed by atoms with E-state index >= 15 is 0 Å². The number of nitrogens with zero attached hydrogens (tertiary/aromatic N) is 2. The molecular formula is C17H24N4O2S2. The summed E-state index contributed by atoms with van der Waals surface area (Å²) in [5.41, 5.74) is 2.74. The summed E-state index contributed by atoms with van der Waals surface area (Å²) in [6.45, 7) is 5.07. The number of aromatic nitrogens is 1. The Hall–Kier alpha value is -1.93. The largest absolute Gasteiger partial charge is 0.352 e. The number of guanidine groups is 1. The fourth-order valence-electron chi connectivity index (χ4n) is 2.41. The lowest BCUT2D eigenvalue weighted by Gasteiger charge is -2.12. The minimum absolute atomic E-state index is 0.369. The van der Waals surface area contributed by atoms with Crippen molar-refractivity contribution in [3.8, 4) is 0 Å². The maximum absolute atomic E-state index is 11.7. The number of nitrogens with one attached hydrogen (secondary N) is 2. The first kappa shape index (κ1) is 19.4. The van der Waals surface area contributed by atoms with Gasteiger partial charge in [-0.1, -0.05) is 19.1 Å². The van der Waals surface area contributed by atoms with Gasteiger partial charge in [0.05, 0.1) is 22.1 Å². The standard InChI is InChI=1S/C17H24N4O2S2/c1-5-16-21-14(11-24-16)10-20-17(18-3)19-9-13-6-7-15(12(2)8-13)25(4,22)23/h6-8,11H,5,9-10H2,1-4H3,(H2,18,19,20). The van der Waals surface area contributed by atoms with Crippen LogP contribution >= 0.6 is 11.3 Å². The van der Waals surface area contributed by atoms with E-state index in [1.54, 1.807) is 31.4 Å². The molecule has 8 heteroatoms. The molecule has 25 heavy (non-hydrogen) atoms. The maximum atomic E-state index is 11.7. The molecule has 0 radical (unpaired) electrons. The van der Waals surface area contributed by atoms with Crippen molar-refractivity contribution in [2.45, 2.75) is 38.3 Å². The van der Waals surface area contributed by atoms with Crippen molar-refractivity contribution in [3.05, 3.63) is 45.4 Å². The fraction of sp³-hybridized carbons (Fsp3) is 0.412. The highest BCUT2D eigenvalue weighted by Gasteiger charge is 2.11. The van der Waals surface area contributed by atoms with Crippen LogP contribution in [0.3, 0.4) is 0 Å². The van der Waals surface area contributed by atoms with Gasteiger partial charge in [0.25, 0.3) is 0 Å². The normalized spacial score (nSPS) is 12.2. The molecule has 0 aliphatic carbocycles. The number of thiazole rings is 1. The molecule has 2 aromatic rings. The third-order valence-corrected chi connectivity index (χ3v) is 5.96. The molecule has 0 bridgehead atoms. The number of aryl methyl sites for hydroxylation is 2. The van der Waals surface area contributed by atoms with E-state index in [-0.39, 0.29) is 0 Å². The maximum Gasteiger partial charge on any atom is 0.191 e. The van der Waals surface area contributed by atoms with Gasteiger partial charge in [0.1, 0.15) is 0 Å². The summed E-state index contributed by atoms with van der Waals surface area (Å²) >= 11 is 1.66. The van der Waals surface area contributed by atoms with Crippen molar-refractivity contribution in [1.29, 1.82) is 0 Å². The number of rotatable bonds is 6. The van der Waals surface area contributed by atoms with Crippen molar-refractivity contribution in [1.82, 2.24) is 15.6 Å². The van der Waals surface area contributed by atoms with E-state index in [0.717, 1.165) is 28.2 Å². The molecule has 0 aliphatic heterocycles. The second-order valence-electron chi connectivity index (χ2n) is 5.74. The first-order valence-corrected chi connectivity index (χ1v) is 10.8. The SMILES string of the molecule is CCc1nc(CNC(=NC)NCc2ccc(S(C)(=O)=O)c(C)c2)cs1. The van der Waals surface area contributed by atoms with Crippen molar-refractivity contribution < 1.29 is 8.42 Å². The van der Waals surface area contributed by atoms with Crippen LogP contribution in [0.5, 0.6) is 0 Å². The first-order valence-electron chi connectivity index (χ1n) is 8.01. The minimum atomic E-state index is -3.19. The Morgan fingerprint density at radius 3 is 2.56 bits per heavy atom. The molecule has 6 nitrogen and oxygen atoms in total. The van der Waals surface area contributed by atoms with E-state index in [9.17, 15) is 8.42 Å². The lowest BCUT2D eigenvalue weighted by molar-refractivity contribution is 0.601. The summed E-state index contributed by atoms with van der Waals surface area (Å²) in [6, 6.07) is 5.35. The topological polar surface area (TPSA) is 83.4 Å². The molecule has 0 fully saturated rings. The third kappa shape index (κ3) is 5.54.